The maximum absolute atomic E-state index is 12.5. The fourth-order valence-electron chi connectivity index (χ4n) is 11.8. The van der Waals surface area contributed by atoms with Crippen LogP contribution in [0, 0.1) is 0 Å². The third kappa shape index (κ3) is 65.6. The Morgan fingerprint density at radius 2 is 0.582 bits per heavy atom. The number of aliphatic hydroxyl groups excluding tert-OH is 2. The van der Waals surface area contributed by atoms with E-state index in [4.69, 9.17) is 4.74 Å². The minimum Gasteiger partial charge on any atom is -0.466 e. The molecule has 79 heavy (non-hydrogen) atoms. The first-order valence-corrected chi connectivity index (χ1v) is 36.5. The summed E-state index contributed by atoms with van der Waals surface area (Å²) in [4.78, 5) is 24.5. The summed E-state index contributed by atoms with van der Waals surface area (Å²) in [7, 11) is 0. The number of esters is 1. The molecule has 2 atom stereocenters. The van der Waals surface area contributed by atoms with Crippen molar-refractivity contribution in [2.45, 2.75) is 431 Å². The highest BCUT2D eigenvalue weighted by Crippen LogP contribution is 2.20. The fraction of sp³-hybridized carbons (Fsp3) is 0.945. The number of hydrogen-bond acceptors (Lipinski definition) is 5. The molecule has 2 unspecified atom stereocenters. The lowest BCUT2D eigenvalue weighted by Crippen LogP contribution is -2.45. The lowest BCUT2D eigenvalue weighted by Gasteiger charge is -2.20. The molecule has 0 spiro atoms. The van der Waals surface area contributed by atoms with Crippen LogP contribution in [0.25, 0.3) is 0 Å². The maximum Gasteiger partial charge on any atom is 0.305 e. The largest absolute Gasteiger partial charge is 0.466 e. The van der Waals surface area contributed by atoms with Gasteiger partial charge in [-0.2, -0.15) is 0 Å². The molecule has 0 aliphatic carbocycles. The second-order valence-corrected chi connectivity index (χ2v) is 25.3. The molecule has 0 radical (unpaired) electrons. The van der Waals surface area contributed by atoms with Crippen LogP contribution in [-0.4, -0.2) is 47.4 Å². The minimum absolute atomic E-state index is 0.0255. The van der Waals surface area contributed by atoms with Crippen LogP contribution in [0.2, 0.25) is 0 Å². The van der Waals surface area contributed by atoms with Gasteiger partial charge in [0, 0.05) is 12.8 Å². The number of rotatable bonds is 69. The molecule has 0 aromatic heterocycles. The van der Waals surface area contributed by atoms with Crippen LogP contribution >= 0.6 is 0 Å². The molecule has 1 amide bonds. The van der Waals surface area contributed by atoms with Gasteiger partial charge < -0.3 is 20.3 Å². The standard InChI is InChI=1S/C73H143NO5/c1-3-5-7-9-11-13-15-42-47-51-55-59-63-67-73(78)79-68-64-60-56-52-48-44-41-39-37-35-33-31-29-27-25-23-21-19-17-18-20-22-24-26-28-30-32-34-36-38-40-43-46-50-54-58-62-66-72(77)74-70(69-75)71(76)65-61-57-53-49-45-16-14-12-10-8-6-4-2/h61,65,70-71,75-76H,3-60,62-64,66-69H2,1-2H3,(H,74,77)/b65-61+. The first-order chi connectivity index (χ1) is 39.0. The van der Waals surface area contributed by atoms with Gasteiger partial charge >= 0.3 is 5.97 Å². The van der Waals surface area contributed by atoms with Crippen molar-refractivity contribution in [3.63, 3.8) is 0 Å². The summed E-state index contributed by atoms with van der Waals surface area (Å²) < 4.78 is 5.49. The summed E-state index contributed by atoms with van der Waals surface area (Å²) in [5.74, 6) is -0.0352. The predicted octanol–water partition coefficient (Wildman–Crippen LogP) is 23.5. The monoisotopic (exact) mass is 1110 g/mol. The molecule has 470 valence electrons. The zero-order valence-electron chi connectivity index (χ0n) is 53.9. The number of carbonyl (C=O) groups excluding carboxylic acids is 2. The van der Waals surface area contributed by atoms with Gasteiger partial charge in [0.05, 0.1) is 25.4 Å². The van der Waals surface area contributed by atoms with Crippen LogP contribution in [0.3, 0.4) is 0 Å². The van der Waals surface area contributed by atoms with Gasteiger partial charge in [0.1, 0.15) is 0 Å². The van der Waals surface area contributed by atoms with Crippen molar-refractivity contribution >= 4 is 11.9 Å². The number of allylic oxidation sites excluding steroid dienone is 1. The Kier molecular flexibility index (Phi) is 67.9. The smallest absolute Gasteiger partial charge is 0.305 e. The maximum atomic E-state index is 12.5. The Morgan fingerprint density at radius 1 is 0.342 bits per heavy atom. The van der Waals surface area contributed by atoms with Crippen LogP contribution in [0.4, 0.5) is 0 Å². The van der Waals surface area contributed by atoms with Crippen LogP contribution in [0.5, 0.6) is 0 Å². The molecule has 0 rings (SSSR count). The third-order valence-electron chi connectivity index (χ3n) is 17.3. The number of ether oxygens (including phenoxy) is 1. The van der Waals surface area contributed by atoms with Gasteiger partial charge in [-0.3, -0.25) is 9.59 Å². The molecule has 0 aliphatic rings. The van der Waals surface area contributed by atoms with Gasteiger partial charge in [0.2, 0.25) is 5.91 Å². The number of amides is 1. The Hall–Kier alpha value is -1.40. The topological polar surface area (TPSA) is 95.9 Å². The number of aliphatic hydroxyl groups is 2. The number of carbonyl (C=O) groups is 2. The van der Waals surface area contributed by atoms with Crippen LogP contribution in [-0.2, 0) is 14.3 Å². The van der Waals surface area contributed by atoms with Crippen molar-refractivity contribution < 1.29 is 24.5 Å². The van der Waals surface area contributed by atoms with Gasteiger partial charge in [0.15, 0.2) is 0 Å². The average Bonchev–Trinajstić information content (AvgIpc) is 3.45. The Labute approximate surface area is 495 Å². The van der Waals surface area contributed by atoms with Crippen LogP contribution < -0.4 is 5.32 Å². The van der Waals surface area contributed by atoms with E-state index in [1.807, 2.05) is 6.08 Å². The normalized spacial score (nSPS) is 12.5. The molecule has 0 bridgehead atoms. The molecule has 0 aliphatic heterocycles. The summed E-state index contributed by atoms with van der Waals surface area (Å²) in [5, 5.41) is 23.1. The zero-order chi connectivity index (χ0) is 57.1. The Morgan fingerprint density at radius 3 is 0.861 bits per heavy atom. The van der Waals surface area contributed by atoms with Crippen molar-refractivity contribution in [3.8, 4) is 0 Å². The van der Waals surface area contributed by atoms with E-state index >= 15 is 0 Å². The quantitative estimate of drug-likeness (QED) is 0.0320. The number of unbranched alkanes of at least 4 members (excludes halogenated alkanes) is 58. The van der Waals surface area contributed by atoms with E-state index in [9.17, 15) is 19.8 Å². The highest BCUT2D eigenvalue weighted by atomic mass is 16.5. The Balaban J connectivity index is 3.28. The van der Waals surface area contributed by atoms with Crippen LogP contribution in [0.15, 0.2) is 12.2 Å². The van der Waals surface area contributed by atoms with Gasteiger partial charge in [-0.25, -0.2) is 0 Å². The summed E-state index contributed by atoms with van der Waals surface area (Å²) in [6.07, 6.45) is 86.1. The summed E-state index contributed by atoms with van der Waals surface area (Å²) in [6, 6.07) is -0.621. The predicted molar refractivity (Wildman–Crippen MR) is 347 cm³/mol. The van der Waals surface area contributed by atoms with E-state index < -0.39 is 12.1 Å². The summed E-state index contributed by atoms with van der Waals surface area (Å²) in [5.41, 5.74) is 0. The highest BCUT2D eigenvalue weighted by Gasteiger charge is 2.18. The van der Waals surface area contributed by atoms with E-state index in [1.54, 1.807) is 6.08 Å². The minimum atomic E-state index is -0.838. The number of hydrogen-bond donors (Lipinski definition) is 3. The molecule has 0 aromatic rings. The van der Waals surface area contributed by atoms with E-state index in [1.165, 1.54) is 353 Å². The van der Waals surface area contributed by atoms with Crippen LogP contribution in [0.1, 0.15) is 418 Å². The molecule has 0 saturated carbocycles. The van der Waals surface area contributed by atoms with Gasteiger partial charge in [-0.05, 0) is 32.1 Å². The second-order valence-electron chi connectivity index (χ2n) is 25.3. The lowest BCUT2D eigenvalue weighted by molar-refractivity contribution is -0.143. The number of nitrogens with one attached hydrogen (secondary N) is 1. The van der Waals surface area contributed by atoms with Gasteiger partial charge in [0.25, 0.3) is 0 Å². The first kappa shape index (κ1) is 77.6. The molecule has 0 fully saturated rings. The molecule has 0 aromatic carbocycles. The lowest BCUT2D eigenvalue weighted by atomic mass is 10.0. The molecule has 6 nitrogen and oxygen atoms in total. The molecule has 3 N–H and O–H groups in total. The van der Waals surface area contributed by atoms with E-state index in [2.05, 4.69) is 19.2 Å². The van der Waals surface area contributed by atoms with Crippen molar-refractivity contribution in [3.05, 3.63) is 12.2 Å². The zero-order valence-corrected chi connectivity index (χ0v) is 53.9. The SMILES string of the molecule is CCCCCCCCCCCC/C=C/C(O)C(CO)NC(=O)CCCCCCCCCCCCCCCCCCCCCCCCCCCCCCCCCCCCCCCOC(=O)CCCCCCCCCCCCCCC. The van der Waals surface area contributed by atoms with E-state index in [0.29, 0.717) is 19.4 Å². The second kappa shape index (κ2) is 69.1. The molecule has 6 heteroatoms. The summed E-state index contributed by atoms with van der Waals surface area (Å²) in [6.45, 7) is 4.93. The molecule has 0 saturated heterocycles. The Bertz CT molecular complexity index is 1190. The van der Waals surface area contributed by atoms with E-state index in [0.717, 1.165) is 38.5 Å². The fourth-order valence-corrected chi connectivity index (χ4v) is 11.8. The van der Waals surface area contributed by atoms with Gasteiger partial charge in [-0.15, -0.1) is 0 Å². The first-order valence-electron chi connectivity index (χ1n) is 36.5. The van der Waals surface area contributed by atoms with E-state index in [-0.39, 0.29) is 18.5 Å². The summed E-state index contributed by atoms with van der Waals surface area (Å²) >= 11 is 0. The van der Waals surface area contributed by atoms with Crippen molar-refractivity contribution in [1.82, 2.24) is 5.32 Å². The van der Waals surface area contributed by atoms with Crippen molar-refractivity contribution in [2.24, 2.45) is 0 Å². The highest BCUT2D eigenvalue weighted by molar-refractivity contribution is 5.76. The molecular formula is C73H143NO5. The molecule has 0 heterocycles. The van der Waals surface area contributed by atoms with Gasteiger partial charge in [-0.1, -0.05) is 386 Å². The van der Waals surface area contributed by atoms with Crippen molar-refractivity contribution in [2.75, 3.05) is 13.2 Å². The third-order valence-corrected chi connectivity index (χ3v) is 17.3. The molecular weight excluding hydrogens is 971 g/mol. The van der Waals surface area contributed by atoms with Crippen molar-refractivity contribution in [1.29, 1.82) is 0 Å². The average molecular weight is 1110 g/mol.